The molecule has 0 aromatic heterocycles. The van der Waals surface area contributed by atoms with Crippen molar-refractivity contribution in [1.82, 2.24) is 5.32 Å². The van der Waals surface area contributed by atoms with Crippen molar-refractivity contribution in [3.05, 3.63) is 33.3 Å². The van der Waals surface area contributed by atoms with Crippen LogP contribution >= 0.6 is 27.5 Å². The maximum absolute atomic E-state index is 6.06. The first kappa shape index (κ1) is 14.0. The van der Waals surface area contributed by atoms with Crippen LogP contribution in [-0.4, -0.2) is 13.1 Å². The number of hydrogen-bond donors (Lipinski definition) is 2. The molecule has 90 valence electrons. The molecule has 2 nitrogen and oxygen atoms in total. The Morgan fingerprint density at radius 2 is 2.12 bits per heavy atom. The van der Waals surface area contributed by atoms with Gasteiger partial charge in [-0.2, -0.15) is 0 Å². The fourth-order valence-electron chi connectivity index (χ4n) is 1.44. The van der Waals surface area contributed by atoms with Crippen molar-refractivity contribution in [2.45, 2.75) is 19.9 Å². The first-order chi connectivity index (χ1) is 7.54. The highest BCUT2D eigenvalue weighted by Crippen LogP contribution is 2.25. The lowest BCUT2D eigenvalue weighted by Crippen LogP contribution is -2.30. The number of nitrogens with one attached hydrogen (secondary N) is 1. The van der Waals surface area contributed by atoms with Crippen LogP contribution in [0, 0.1) is 5.92 Å². The van der Waals surface area contributed by atoms with Gasteiger partial charge in [-0.1, -0.05) is 31.5 Å². The van der Waals surface area contributed by atoms with Gasteiger partial charge in [-0.3, -0.25) is 0 Å². The molecule has 0 saturated carbocycles. The average Bonchev–Trinajstić information content (AvgIpc) is 2.23. The summed E-state index contributed by atoms with van der Waals surface area (Å²) in [5, 5.41) is 4.16. The lowest BCUT2D eigenvalue weighted by molar-refractivity contribution is 0.479. The van der Waals surface area contributed by atoms with Crippen molar-refractivity contribution < 1.29 is 0 Å². The zero-order valence-electron chi connectivity index (χ0n) is 9.63. The zero-order valence-corrected chi connectivity index (χ0v) is 12.0. The summed E-state index contributed by atoms with van der Waals surface area (Å²) >= 11 is 9.44. The molecule has 1 unspecified atom stereocenters. The van der Waals surface area contributed by atoms with Crippen LogP contribution in [0.5, 0.6) is 0 Å². The molecule has 0 aliphatic rings. The van der Waals surface area contributed by atoms with Gasteiger partial charge in [0.1, 0.15) is 0 Å². The summed E-state index contributed by atoms with van der Waals surface area (Å²) < 4.78 is 0.914. The second-order valence-corrected chi connectivity index (χ2v) is 5.53. The van der Waals surface area contributed by atoms with E-state index < -0.39 is 0 Å². The zero-order chi connectivity index (χ0) is 12.1. The summed E-state index contributed by atoms with van der Waals surface area (Å²) in [5.41, 5.74) is 6.90. The Hall–Kier alpha value is -0.0900. The van der Waals surface area contributed by atoms with E-state index in [1.165, 1.54) is 0 Å². The van der Waals surface area contributed by atoms with Crippen LogP contribution in [-0.2, 0) is 0 Å². The molecule has 0 fully saturated rings. The van der Waals surface area contributed by atoms with Gasteiger partial charge in [0.2, 0.25) is 0 Å². The number of benzene rings is 1. The molecule has 4 heteroatoms. The smallest absolute Gasteiger partial charge is 0.0551 e. The fourth-order valence-corrected chi connectivity index (χ4v) is 1.88. The van der Waals surface area contributed by atoms with Crippen molar-refractivity contribution >= 4 is 27.5 Å². The second kappa shape index (κ2) is 6.60. The average molecular weight is 306 g/mol. The van der Waals surface area contributed by atoms with Crippen molar-refractivity contribution in [1.29, 1.82) is 0 Å². The summed E-state index contributed by atoms with van der Waals surface area (Å²) in [5.74, 6) is 0.611. The highest BCUT2D eigenvalue weighted by atomic mass is 79.9. The third-order valence-corrected chi connectivity index (χ3v) is 3.59. The van der Waals surface area contributed by atoms with Gasteiger partial charge < -0.3 is 11.1 Å². The molecule has 0 radical (unpaired) electrons. The molecule has 1 rings (SSSR count). The van der Waals surface area contributed by atoms with Gasteiger partial charge in [0.15, 0.2) is 0 Å². The Morgan fingerprint density at radius 1 is 1.44 bits per heavy atom. The molecule has 0 heterocycles. The van der Waals surface area contributed by atoms with Crippen LogP contribution in [0.15, 0.2) is 22.7 Å². The maximum atomic E-state index is 6.06. The topological polar surface area (TPSA) is 38.0 Å². The van der Waals surface area contributed by atoms with Crippen LogP contribution in [0.3, 0.4) is 0 Å². The normalized spacial score (nSPS) is 13.1. The lowest BCUT2D eigenvalue weighted by atomic mass is 10.1. The molecule has 0 amide bonds. The maximum Gasteiger partial charge on any atom is 0.0551 e. The Morgan fingerprint density at radius 3 is 2.62 bits per heavy atom. The predicted molar refractivity (Wildman–Crippen MR) is 73.8 cm³/mol. The molecule has 1 aromatic carbocycles. The molecule has 16 heavy (non-hydrogen) atoms. The summed E-state index contributed by atoms with van der Waals surface area (Å²) in [4.78, 5) is 0. The van der Waals surface area contributed by atoms with Gasteiger partial charge in [0.05, 0.1) is 5.02 Å². The van der Waals surface area contributed by atoms with E-state index in [9.17, 15) is 0 Å². The van der Waals surface area contributed by atoms with Crippen molar-refractivity contribution in [2.24, 2.45) is 11.7 Å². The molecule has 1 atom stereocenters. The van der Waals surface area contributed by atoms with E-state index in [-0.39, 0.29) is 6.04 Å². The molecule has 0 saturated heterocycles. The fraction of sp³-hybridized carbons (Fsp3) is 0.500. The van der Waals surface area contributed by atoms with E-state index in [1.807, 2.05) is 18.2 Å². The minimum Gasteiger partial charge on any atom is -0.329 e. The molecule has 0 spiro atoms. The summed E-state index contributed by atoms with van der Waals surface area (Å²) in [6.45, 7) is 5.88. The first-order valence-electron chi connectivity index (χ1n) is 5.43. The lowest BCUT2D eigenvalue weighted by Gasteiger charge is -2.19. The van der Waals surface area contributed by atoms with Gasteiger partial charge in [0, 0.05) is 17.1 Å². The van der Waals surface area contributed by atoms with Crippen molar-refractivity contribution in [3.8, 4) is 0 Å². The molecular formula is C12H18BrClN2. The SMILES string of the molecule is CC(C)CNC(CN)c1ccc(Br)c(Cl)c1. The van der Waals surface area contributed by atoms with Gasteiger partial charge in [-0.25, -0.2) is 0 Å². The first-order valence-corrected chi connectivity index (χ1v) is 6.60. The number of hydrogen-bond acceptors (Lipinski definition) is 2. The van der Waals surface area contributed by atoms with Gasteiger partial charge in [-0.05, 0) is 46.1 Å². The van der Waals surface area contributed by atoms with E-state index >= 15 is 0 Å². The van der Waals surface area contributed by atoms with E-state index in [2.05, 4.69) is 35.1 Å². The number of rotatable bonds is 5. The Kier molecular flexibility index (Phi) is 5.76. The largest absolute Gasteiger partial charge is 0.329 e. The summed E-state index contributed by atoms with van der Waals surface area (Å²) in [6, 6.07) is 6.13. The standard InChI is InChI=1S/C12H18BrClN2/c1-8(2)7-16-12(6-15)9-3-4-10(13)11(14)5-9/h3-5,8,12,16H,6-7,15H2,1-2H3. The van der Waals surface area contributed by atoms with E-state index in [0.29, 0.717) is 12.5 Å². The Labute approximate surface area is 111 Å². The third kappa shape index (κ3) is 4.06. The molecule has 3 N–H and O–H groups in total. The molecule has 0 aliphatic heterocycles. The van der Waals surface area contributed by atoms with Crippen molar-refractivity contribution in [2.75, 3.05) is 13.1 Å². The van der Waals surface area contributed by atoms with Gasteiger partial charge in [0.25, 0.3) is 0 Å². The van der Waals surface area contributed by atoms with Crippen LogP contribution in [0.4, 0.5) is 0 Å². The highest BCUT2D eigenvalue weighted by molar-refractivity contribution is 9.10. The minimum atomic E-state index is 0.174. The minimum absolute atomic E-state index is 0.174. The summed E-state index contributed by atoms with van der Waals surface area (Å²) in [7, 11) is 0. The molecule has 1 aromatic rings. The summed E-state index contributed by atoms with van der Waals surface area (Å²) in [6.07, 6.45) is 0. The van der Waals surface area contributed by atoms with Crippen LogP contribution in [0.2, 0.25) is 5.02 Å². The van der Waals surface area contributed by atoms with Gasteiger partial charge >= 0.3 is 0 Å². The van der Waals surface area contributed by atoms with E-state index in [4.69, 9.17) is 17.3 Å². The Balaban J connectivity index is 2.74. The third-order valence-electron chi connectivity index (χ3n) is 2.35. The van der Waals surface area contributed by atoms with Crippen LogP contribution in [0.25, 0.3) is 0 Å². The van der Waals surface area contributed by atoms with E-state index in [1.54, 1.807) is 0 Å². The van der Waals surface area contributed by atoms with Gasteiger partial charge in [-0.15, -0.1) is 0 Å². The van der Waals surface area contributed by atoms with Crippen molar-refractivity contribution in [3.63, 3.8) is 0 Å². The molecule has 0 aliphatic carbocycles. The predicted octanol–water partition coefficient (Wildman–Crippen LogP) is 3.35. The monoisotopic (exact) mass is 304 g/mol. The van der Waals surface area contributed by atoms with E-state index in [0.717, 1.165) is 21.6 Å². The Bertz CT molecular complexity index is 342. The quantitative estimate of drug-likeness (QED) is 0.875. The number of nitrogens with two attached hydrogens (primary N) is 1. The molecular weight excluding hydrogens is 288 g/mol. The van der Waals surface area contributed by atoms with Crippen LogP contribution < -0.4 is 11.1 Å². The number of halogens is 2. The highest BCUT2D eigenvalue weighted by Gasteiger charge is 2.10. The second-order valence-electron chi connectivity index (χ2n) is 4.26. The van der Waals surface area contributed by atoms with Crippen LogP contribution in [0.1, 0.15) is 25.5 Å². The molecule has 0 bridgehead atoms.